The topological polar surface area (TPSA) is 0 Å². The lowest BCUT2D eigenvalue weighted by Crippen LogP contribution is -2.33. The third-order valence-electron chi connectivity index (χ3n) is 2.93. The lowest BCUT2D eigenvalue weighted by molar-refractivity contribution is 0.137. The second-order valence-corrected chi connectivity index (χ2v) is 4.81. The van der Waals surface area contributed by atoms with Gasteiger partial charge in [-0.25, -0.2) is 0 Å². The average Bonchev–Trinajstić information content (AvgIpc) is 1.57. The molecule has 2 rings (SSSR count). The zero-order chi connectivity index (χ0) is 6.27. The molecule has 9 heavy (non-hydrogen) atoms. The van der Waals surface area contributed by atoms with Crippen LogP contribution >= 0.6 is 15.9 Å². The maximum absolute atomic E-state index is 3.62. The second kappa shape index (κ2) is 2.26. The highest BCUT2D eigenvalue weighted by Crippen LogP contribution is 2.46. The molecule has 0 atom stereocenters. The Morgan fingerprint density at radius 3 is 2.00 bits per heavy atom. The summed E-state index contributed by atoms with van der Waals surface area (Å²) in [5.41, 5.74) is 0. The van der Waals surface area contributed by atoms with Crippen LogP contribution in [0, 0.1) is 11.8 Å². The Hall–Kier alpha value is 0.480. The molecule has 2 saturated carbocycles. The Morgan fingerprint density at radius 1 is 1.00 bits per heavy atom. The van der Waals surface area contributed by atoms with Gasteiger partial charge in [-0.3, -0.25) is 0 Å². The molecular formula is C8H13Br. The molecular weight excluding hydrogens is 176 g/mol. The van der Waals surface area contributed by atoms with Crippen molar-refractivity contribution in [2.75, 3.05) is 0 Å². The zero-order valence-corrected chi connectivity index (χ0v) is 7.23. The monoisotopic (exact) mass is 188 g/mol. The van der Waals surface area contributed by atoms with Gasteiger partial charge in [-0.05, 0) is 24.7 Å². The molecule has 2 aliphatic carbocycles. The summed E-state index contributed by atoms with van der Waals surface area (Å²) in [4.78, 5) is 0.878. The quantitative estimate of drug-likeness (QED) is 0.556. The van der Waals surface area contributed by atoms with E-state index < -0.39 is 0 Å². The minimum Gasteiger partial charge on any atom is -0.0890 e. The van der Waals surface area contributed by atoms with Crippen molar-refractivity contribution in [2.24, 2.45) is 11.8 Å². The van der Waals surface area contributed by atoms with Crippen LogP contribution in [-0.4, -0.2) is 4.83 Å². The molecule has 0 bridgehead atoms. The summed E-state index contributed by atoms with van der Waals surface area (Å²) in [5, 5.41) is 0. The highest BCUT2D eigenvalue weighted by molar-refractivity contribution is 9.09. The van der Waals surface area contributed by atoms with Gasteiger partial charge in [0.1, 0.15) is 0 Å². The highest BCUT2D eigenvalue weighted by Gasteiger charge is 2.35. The third-order valence-corrected chi connectivity index (χ3v) is 3.68. The lowest BCUT2D eigenvalue weighted by Gasteiger charge is -2.42. The van der Waals surface area contributed by atoms with Crippen molar-refractivity contribution in [3.05, 3.63) is 0 Å². The van der Waals surface area contributed by atoms with E-state index in [4.69, 9.17) is 0 Å². The standard InChI is InChI=1S/C8H13Br/c9-8-4-7(5-8)6-2-1-3-6/h6-8H,1-5H2. The van der Waals surface area contributed by atoms with Crippen LogP contribution in [0.15, 0.2) is 0 Å². The van der Waals surface area contributed by atoms with Gasteiger partial charge in [-0.2, -0.15) is 0 Å². The van der Waals surface area contributed by atoms with Crippen LogP contribution in [0.25, 0.3) is 0 Å². The van der Waals surface area contributed by atoms with E-state index in [2.05, 4.69) is 15.9 Å². The van der Waals surface area contributed by atoms with E-state index in [0.717, 1.165) is 16.7 Å². The molecule has 1 heteroatoms. The maximum atomic E-state index is 3.62. The van der Waals surface area contributed by atoms with Gasteiger partial charge in [-0.1, -0.05) is 35.2 Å². The van der Waals surface area contributed by atoms with Crippen LogP contribution in [0.5, 0.6) is 0 Å². The summed E-state index contributed by atoms with van der Waals surface area (Å²) in [6.07, 6.45) is 7.50. The Kier molecular flexibility index (Phi) is 1.56. The first kappa shape index (κ1) is 6.21. The van der Waals surface area contributed by atoms with E-state index in [9.17, 15) is 0 Å². The summed E-state index contributed by atoms with van der Waals surface area (Å²) in [6.45, 7) is 0. The fourth-order valence-electron chi connectivity index (χ4n) is 1.88. The Bertz CT molecular complexity index is 101. The van der Waals surface area contributed by atoms with Crippen molar-refractivity contribution >= 4 is 15.9 Å². The molecule has 0 unspecified atom stereocenters. The smallest absolute Gasteiger partial charge is 0.0151 e. The summed E-state index contributed by atoms with van der Waals surface area (Å²) in [7, 11) is 0. The molecule has 0 radical (unpaired) electrons. The molecule has 0 heterocycles. The Labute approximate surface area is 65.1 Å². The summed E-state index contributed by atoms with van der Waals surface area (Å²) < 4.78 is 0. The van der Waals surface area contributed by atoms with Gasteiger partial charge in [0.2, 0.25) is 0 Å². The summed E-state index contributed by atoms with van der Waals surface area (Å²) in [5.74, 6) is 2.25. The predicted octanol–water partition coefficient (Wildman–Crippen LogP) is 2.96. The molecule has 0 saturated heterocycles. The summed E-state index contributed by atoms with van der Waals surface area (Å²) in [6, 6.07) is 0. The van der Waals surface area contributed by atoms with E-state index in [1.807, 2.05) is 0 Å². The highest BCUT2D eigenvalue weighted by atomic mass is 79.9. The first-order valence-electron chi connectivity index (χ1n) is 4.00. The number of rotatable bonds is 1. The number of halogens is 1. The van der Waals surface area contributed by atoms with Gasteiger partial charge in [0.15, 0.2) is 0 Å². The van der Waals surface area contributed by atoms with E-state index in [1.165, 1.54) is 32.1 Å². The largest absolute Gasteiger partial charge is 0.0890 e. The molecule has 2 fully saturated rings. The third kappa shape index (κ3) is 1.04. The average molecular weight is 189 g/mol. The summed E-state index contributed by atoms with van der Waals surface area (Å²) >= 11 is 3.62. The molecule has 0 amide bonds. The number of alkyl halides is 1. The molecule has 0 aromatic heterocycles. The van der Waals surface area contributed by atoms with Gasteiger partial charge >= 0.3 is 0 Å². The predicted molar refractivity (Wildman–Crippen MR) is 42.8 cm³/mol. The Morgan fingerprint density at radius 2 is 1.67 bits per heavy atom. The lowest BCUT2D eigenvalue weighted by atomic mass is 9.67. The molecule has 52 valence electrons. The first-order valence-corrected chi connectivity index (χ1v) is 4.92. The van der Waals surface area contributed by atoms with Crippen molar-refractivity contribution in [3.8, 4) is 0 Å². The van der Waals surface area contributed by atoms with Gasteiger partial charge in [0.25, 0.3) is 0 Å². The minimum atomic E-state index is 0.878. The molecule has 0 aromatic carbocycles. The van der Waals surface area contributed by atoms with Crippen molar-refractivity contribution < 1.29 is 0 Å². The van der Waals surface area contributed by atoms with Crippen molar-refractivity contribution in [3.63, 3.8) is 0 Å². The van der Waals surface area contributed by atoms with Gasteiger partial charge in [0.05, 0.1) is 0 Å². The molecule has 2 aliphatic rings. The van der Waals surface area contributed by atoms with Crippen molar-refractivity contribution in [1.29, 1.82) is 0 Å². The van der Waals surface area contributed by atoms with Crippen LogP contribution in [0.2, 0.25) is 0 Å². The first-order chi connectivity index (χ1) is 4.36. The fourth-order valence-corrected chi connectivity index (χ4v) is 2.84. The number of hydrogen-bond donors (Lipinski definition) is 0. The number of hydrogen-bond acceptors (Lipinski definition) is 0. The zero-order valence-electron chi connectivity index (χ0n) is 5.65. The molecule has 0 spiro atoms. The van der Waals surface area contributed by atoms with E-state index in [-0.39, 0.29) is 0 Å². The second-order valence-electron chi connectivity index (χ2n) is 3.52. The van der Waals surface area contributed by atoms with E-state index in [1.54, 1.807) is 0 Å². The van der Waals surface area contributed by atoms with Crippen LogP contribution in [0.3, 0.4) is 0 Å². The molecule has 0 aliphatic heterocycles. The molecule has 0 aromatic rings. The van der Waals surface area contributed by atoms with Crippen LogP contribution in [0.4, 0.5) is 0 Å². The van der Waals surface area contributed by atoms with E-state index >= 15 is 0 Å². The van der Waals surface area contributed by atoms with Gasteiger partial charge < -0.3 is 0 Å². The van der Waals surface area contributed by atoms with Crippen LogP contribution in [0.1, 0.15) is 32.1 Å². The maximum Gasteiger partial charge on any atom is 0.0151 e. The Balaban J connectivity index is 1.75. The van der Waals surface area contributed by atoms with Crippen molar-refractivity contribution in [1.82, 2.24) is 0 Å². The van der Waals surface area contributed by atoms with Gasteiger partial charge in [-0.15, -0.1) is 0 Å². The van der Waals surface area contributed by atoms with E-state index in [0.29, 0.717) is 0 Å². The molecule has 0 nitrogen and oxygen atoms in total. The SMILES string of the molecule is BrC1CC(C2CCC2)C1. The van der Waals surface area contributed by atoms with Gasteiger partial charge in [0, 0.05) is 4.83 Å². The van der Waals surface area contributed by atoms with Crippen LogP contribution in [-0.2, 0) is 0 Å². The molecule has 0 N–H and O–H groups in total. The fraction of sp³-hybridized carbons (Fsp3) is 1.00. The minimum absolute atomic E-state index is 0.878. The van der Waals surface area contributed by atoms with Crippen LogP contribution < -0.4 is 0 Å². The normalized spacial score (nSPS) is 43.7. The van der Waals surface area contributed by atoms with Crippen molar-refractivity contribution in [2.45, 2.75) is 36.9 Å².